The number of hydrogen-bond donors (Lipinski definition) is 2. The van der Waals surface area contributed by atoms with Crippen LogP contribution < -0.4 is 14.5 Å². The average molecular weight is 412 g/mol. The number of anilines is 1. The van der Waals surface area contributed by atoms with Gasteiger partial charge in [0.25, 0.3) is 0 Å². The monoisotopic (exact) mass is 411 g/mol. The molecule has 0 bridgehead atoms. The third-order valence-corrected chi connectivity index (χ3v) is 6.30. The van der Waals surface area contributed by atoms with E-state index in [1.54, 1.807) is 0 Å². The van der Waals surface area contributed by atoms with Gasteiger partial charge >= 0.3 is 0 Å². The molecule has 2 aliphatic rings. The molecule has 4 rings (SSSR count). The van der Waals surface area contributed by atoms with Crippen LogP contribution >= 0.6 is 0 Å². The molecule has 1 heterocycles. The number of nitrogens with one attached hydrogen (secondary N) is 1. The number of ether oxygens (including phenoxy) is 2. The molecule has 162 valence electrons. The summed E-state index contributed by atoms with van der Waals surface area (Å²) in [5.74, 6) is 0.963. The van der Waals surface area contributed by atoms with Crippen molar-refractivity contribution in [1.29, 1.82) is 0 Å². The Morgan fingerprint density at radius 1 is 1.10 bits per heavy atom. The molecule has 2 atom stereocenters. The van der Waals surface area contributed by atoms with Gasteiger partial charge in [-0.15, -0.1) is 0 Å². The Labute approximate surface area is 180 Å². The predicted octanol–water partition coefficient (Wildman–Crippen LogP) is 2.25. The first-order valence-corrected chi connectivity index (χ1v) is 11.4. The fraction of sp³-hybridized carbons (Fsp3) is 0.520. The van der Waals surface area contributed by atoms with E-state index in [0.29, 0.717) is 13.2 Å². The van der Waals surface area contributed by atoms with Crippen molar-refractivity contribution in [3.63, 3.8) is 0 Å². The molecule has 5 nitrogen and oxygen atoms in total. The normalized spacial score (nSPS) is 20.6. The van der Waals surface area contributed by atoms with Crippen LogP contribution in [0, 0.1) is 0 Å². The Kier molecular flexibility index (Phi) is 7.26. The molecule has 5 heteroatoms. The van der Waals surface area contributed by atoms with Gasteiger partial charge in [-0.1, -0.05) is 36.4 Å². The highest BCUT2D eigenvalue weighted by molar-refractivity contribution is 5.58. The van der Waals surface area contributed by atoms with Crippen LogP contribution in [0.1, 0.15) is 37.0 Å². The van der Waals surface area contributed by atoms with Crippen molar-refractivity contribution in [1.82, 2.24) is 0 Å². The number of aliphatic hydroxyl groups excluding tert-OH is 1. The van der Waals surface area contributed by atoms with Crippen molar-refractivity contribution in [2.75, 3.05) is 50.8 Å². The maximum Gasteiger partial charge on any atom is 0.142 e. The highest BCUT2D eigenvalue weighted by Crippen LogP contribution is 2.32. The topological polar surface area (TPSA) is 46.4 Å². The molecule has 30 heavy (non-hydrogen) atoms. The SMILES string of the molecule is CCOc1ccccc1N1CC[NH+](C[C@H](O)CO[C@@H]2CCCc3ccccc32)CC1. The van der Waals surface area contributed by atoms with Gasteiger partial charge in [-0.05, 0) is 49.4 Å². The zero-order valence-corrected chi connectivity index (χ0v) is 18.1. The summed E-state index contributed by atoms with van der Waals surface area (Å²) < 4.78 is 11.9. The Balaban J connectivity index is 1.24. The number of rotatable bonds is 8. The lowest BCUT2D eigenvalue weighted by Gasteiger charge is -2.35. The molecule has 1 fully saturated rings. The molecule has 0 spiro atoms. The van der Waals surface area contributed by atoms with E-state index in [4.69, 9.17) is 9.47 Å². The number of aliphatic hydroxyl groups is 1. The smallest absolute Gasteiger partial charge is 0.142 e. The third-order valence-electron chi connectivity index (χ3n) is 6.30. The molecule has 2 aromatic rings. The first kappa shape index (κ1) is 21.2. The summed E-state index contributed by atoms with van der Waals surface area (Å²) in [7, 11) is 0. The van der Waals surface area contributed by atoms with Crippen molar-refractivity contribution in [2.45, 2.75) is 38.4 Å². The minimum atomic E-state index is -0.420. The molecule has 2 N–H and O–H groups in total. The zero-order valence-electron chi connectivity index (χ0n) is 18.1. The number of piperazine rings is 1. The van der Waals surface area contributed by atoms with Crippen LogP contribution in [-0.4, -0.2) is 57.1 Å². The Bertz CT molecular complexity index is 804. The number of quaternary nitrogens is 1. The van der Waals surface area contributed by atoms with Crippen LogP contribution in [0.3, 0.4) is 0 Å². The van der Waals surface area contributed by atoms with Gasteiger partial charge in [-0.25, -0.2) is 0 Å². The number of aryl methyl sites for hydroxylation is 1. The largest absolute Gasteiger partial charge is 0.492 e. The van der Waals surface area contributed by atoms with Crippen molar-refractivity contribution in [3.8, 4) is 5.75 Å². The summed E-state index contributed by atoms with van der Waals surface area (Å²) in [6, 6.07) is 16.8. The fourth-order valence-electron chi connectivity index (χ4n) is 4.77. The summed E-state index contributed by atoms with van der Waals surface area (Å²) in [4.78, 5) is 3.84. The van der Waals surface area contributed by atoms with E-state index in [0.717, 1.165) is 57.7 Å². The van der Waals surface area contributed by atoms with Gasteiger partial charge in [0.2, 0.25) is 0 Å². The van der Waals surface area contributed by atoms with Gasteiger partial charge in [0, 0.05) is 0 Å². The van der Waals surface area contributed by atoms with Gasteiger partial charge in [-0.3, -0.25) is 0 Å². The second-order valence-corrected chi connectivity index (χ2v) is 8.41. The second-order valence-electron chi connectivity index (χ2n) is 8.41. The minimum absolute atomic E-state index is 0.131. The Hall–Kier alpha value is -2.08. The van der Waals surface area contributed by atoms with E-state index < -0.39 is 6.10 Å². The van der Waals surface area contributed by atoms with Crippen LogP contribution in [0.5, 0.6) is 5.75 Å². The summed E-state index contributed by atoms with van der Waals surface area (Å²) >= 11 is 0. The summed E-state index contributed by atoms with van der Waals surface area (Å²) in [5, 5.41) is 10.6. The highest BCUT2D eigenvalue weighted by atomic mass is 16.5. The van der Waals surface area contributed by atoms with E-state index in [1.807, 2.05) is 19.1 Å². The van der Waals surface area contributed by atoms with Crippen molar-refractivity contribution in [3.05, 3.63) is 59.7 Å². The number of para-hydroxylation sites is 2. The molecular formula is C25H35N2O3+. The lowest BCUT2D eigenvalue weighted by atomic mass is 9.89. The van der Waals surface area contributed by atoms with E-state index in [2.05, 4.69) is 41.3 Å². The van der Waals surface area contributed by atoms with Gasteiger partial charge < -0.3 is 24.4 Å². The molecule has 0 amide bonds. The van der Waals surface area contributed by atoms with Crippen molar-refractivity contribution >= 4 is 5.69 Å². The van der Waals surface area contributed by atoms with E-state index in [-0.39, 0.29) is 6.10 Å². The van der Waals surface area contributed by atoms with E-state index in [1.165, 1.54) is 21.7 Å². The molecule has 1 aliphatic heterocycles. The van der Waals surface area contributed by atoms with Crippen LogP contribution in [0.25, 0.3) is 0 Å². The highest BCUT2D eigenvalue weighted by Gasteiger charge is 2.26. The Morgan fingerprint density at radius 3 is 2.70 bits per heavy atom. The van der Waals surface area contributed by atoms with Crippen molar-refractivity contribution in [2.24, 2.45) is 0 Å². The second kappa shape index (κ2) is 10.3. The summed E-state index contributed by atoms with van der Waals surface area (Å²) in [5.41, 5.74) is 3.89. The molecule has 0 unspecified atom stereocenters. The van der Waals surface area contributed by atoms with Gasteiger partial charge in [-0.2, -0.15) is 0 Å². The molecule has 1 aliphatic carbocycles. The standard InChI is InChI=1S/C25H34N2O3/c1-2-29-25-12-6-5-11-23(25)27-16-14-26(15-17-27)18-21(28)19-30-24-13-7-9-20-8-3-4-10-22(20)24/h3-6,8,10-12,21,24,28H,2,7,9,13-19H2,1H3/p+1/t21-,24+/m0/s1. The van der Waals surface area contributed by atoms with Crippen LogP contribution in [0.15, 0.2) is 48.5 Å². The maximum atomic E-state index is 10.6. The van der Waals surface area contributed by atoms with E-state index >= 15 is 0 Å². The lowest BCUT2D eigenvalue weighted by Crippen LogP contribution is -3.16. The van der Waals surface area contributed by atoms with Gasteiger partial charge in [0.05, 0.1) is 51.2 Å². The minimum Gasteiger partial charge on any atom is -0.492 e. The average Bonchev–Trinajstić information content (AvgIpc) is 2.79. The number of hydrogen-bond acceptors (Lipinski definition) is 4. The molecular weight excluding hydrogens is 376 g/mol. The van der Waals surface area contributed by atoms with Crippen LogP contribution in [0.2, 0.25) is 0 Å². The summed E-state index contributed by atoms with van der Waals surface area (Å²) in [6.45, 7) is 7.85. The fourth-order valence-corrected chi connectivity index (χ4v) is 4.77. The first-order chi connectivity index (χ1) is 14.7. The third kappa shape index (κ3) is 5.15. The van der Waals surface area contributed by atoms with Crippen LogP contribution in [0.4, 0.5) is 5.69 Å². The van der Waals surface area contributed by atoms with Crippen LogP contribution in [-0.2, 0) is 11.2 Å². The molecule has 0 radical (unpaired) electrons. The van der Waals surface area contributed by atoms with E-state index in [9.17, 15) is 5.11 Å². The number of benzene rings is 2. The van der Waals surface area contributed by atoms with Gasteiger partial charge in [0.1, 0.15) is 18.4 Å². The number of fused-ring (bicyclic) bond motifs is 1. The molecule has 0 saturated carbocycles. The summed E-state index contributed by atoms with van der Waals surface area (Å²) in [6.07, 6.45) is 3.06. The first-order valence-electron chi connectivity index (χ1n) is 11.4. The van der Waals surface area contributed by atoms with Gasteiger partial charge in [0.15, 0.2) is 0 Å². The molecule has 1 saturated heterocycles. The maximum absolute atomic E-state index is 10.6. The lowest BCUT2D eigenvalue weighted by molar-refractivity contribution is -0.903. The quantitative estimate of drug-likeness (QED) is 0.700. The zero-order chi connectivity index (χ0) is 20.8. The predicted molar refractivity (Wildman–Crippen MR) is 119 cm³/mol. The Morgan fingerprint density at radius 2 is 1.87 bits per heavy atom. The van der Waals surface area contributed by atoms with Crippen molar-refractivity contribution < 1.29 is 19.5 Å². The molecule has 2 aromatic carbocycles. The molecule has 0 aromatic heterocycles. The number of nitrogens with zero attached hydrogens (tertiary/aromatic N) is 1.